The van der Waals surface area contributed by atoms with E-state index in [0.717, 1.165) is 0 Å². The Hall–Kier alpha value is -0.0800. The molecule has 0 bridgehead atoms. The lowest BCUT2D eigenvalue weighted by molar-refractivity contribution is -0.0516. The molecule has 1 fully saturated rings. The first kappa shape index (κ1) is 9.01. The fourth-order valence-corrected chi connectivity index (χ4v) is 0.906. The molecule has 0 unspecified atom stereocenters. The van der Waals surface area contributed by atoms with Gasteiger partial charge in [-0.3, -0.25) is 0 Å². The van der Waals surface area contributed by atoms with Crippen molar-refractivity contribution in [2.75, 3.05) is 6.61 Å². The second kappa shape index (κ2) is 3.55. The van der Waals surface area contributed by atoms with Crippen LogP contribution in [0.5, 0.6) is 0 Å². The lowest BCUT2D eigenvalue weighted by Crippen LogP contribution is -2.29. The summed E-state index contributed by atoms with van der Waals surface area (Å²) in [6.07, 6.45) is 2.98. The van der Waals surface area contributed by atoms with Gasteiger partial charge in [0.25, 0.3) is 0 Å². The number of hydrogen-bond acceptors (Lipinski definition) is 2. The van der Waals surface area contributed by atoms with E-state index in [1.54, 1.807) is 6.61 Å². The van der Waals surface area contributed by atoms with Crippen molar-refractivity contribution in [3.8, 4) is 0 Å². The zero-order chi connectivity index (χ0) is 8.32. The van der Waals surface area contributed by atoms with Crippen molar-refractivity contribution in [3.63, 3.8) is 0 Å². The molecule has 0 aromatic carbocycles. The molecule has 1 rings (SSSR count). The van der Waals surface area contributed by atoms with E-state index < -0.39 is 0 Å². The molecule has 0 atom stereocenters. The summed E-state index contributed by atoms with van der Waals surface area (Å²) in [4.78, 5) is 0. The van der Waals surface area contributed by atoms with Crippen molar-refractivity contribution in [2.24, 2.45) is 0 Å². The first-order valence-corrected chi connectivity index (χ1v) is 4.21. The Morgan fingerprint density at radius 2 is 2.09 bits per heavy atom. The molecule has 1 aliphatic carbocycles. The molecule has 0 heterocycles. The Morgan fingerprint density at radius 3 is 2.55 bits per heavy atom. The maximum Gasteiger partial charge on any atom is 0.0864 e. The summed E-state index contributed by atoms with van der Waals surface area (Å²) in [5, 5.41) is 0. The number of ether oxygens (including phenoxy) is 2. The fourth-order valence-electron chi connectivity index (χ4n) is 0.906. The fraction of sp³-hybridized carbons (Fsp3) is 0.889. The first-order chi connectivity index (χ1) is 5.14. The van der Waals surface area contributed by atoms with E-state index in [-0.39, 0.29) is 5.60 Å². The second-order valence-electron chi connectivity index (χ2n) is 3.62. The standard InChI is InChI=1S/C9H17O2/c1-4-11-9(2,3)7-10-8-5-6-8/h4,8H,5-7H2,1-3H3. The van der Waals surface area contributed by atoms with E-state index in [1.165, 1.54) is 12.8 Å². The van der Waals surface area contributed by atoms with Gasteiger partial charge in [-0.2, -0.15) is 0 Å². The Labute approximate surface area is 68.9 Å². The molecule has 1 radical (unpaired) electrons. The minimum Gasteiger partial charge on any atom is -0.375 e. The summed E-state index contributed by atoms with van der Waals surface area (Å²) in [6.45, 7) is 8.38. The van der Waals surface area contributed by atoms with Gasteiger partial charge in [0.1, 0.15) is 0 Å². The van der Waals surface area contributed by atoms with Crippen molar-refractivity contribution < 1.29 is 9.47 Å². The van der Waals surface area contributed by atoms with E-state index in [2.05, 4.69) is 0 Å². The molecule has 0 spiro atoms. The maximum atomic E-state index is 5.53. The zero-order valence-corrected chi connectivity index (χ0v) is 7.59. The molecule has 0 N–H and O–H groups in total. The van der Waals surface area contributed by atoms with Crippen LogP contribution in [-0.4, -0.2) is 18.3 Å². The van der Waals surface area contributed by atoms with Gasteiger partial charge >= 0.3 is 0 Å². The van der Waals surface area contributed by atoms with Gasteiger partial charge in [-0.25, -0.2) is 0 Å². The molecule has 2 nitrogen and oxygen atoms in total. The van der Waals surface area contributed by atoms with E-state index in [0.29, 0.717) is 12.7 Å². The van der Waals surface area contributed by atoms with E-state index in [1.807, 2.05) is 20.8 Å². The molecule has 2 heteroatoms. The highest BCUT2D eigenvalue weighted by molar-refractivity contribution is 4.77. The van der Waals surface area contributed by atoms with Crippen LogP contribution < -0.4 is 0 Å². The predicted molar refractivity (Wildman–Crippen MR) is 44.1 cm³/mol. The van der Waals surface area contributed by atoms with Crippen molar-refractivity contribution in [3.05, 3.63) is 6.61 Å². The van der Waals surface area contributed by atoms with Crippen LogP contribution in [0.2, 0.25) is 0 Å². The van der Waals surface area contributed by atoms with Crippen LogP contribution in [0.4, 0.5) is 0 Å². The van der Waals surface area contributed by atoms with Gasteiger partial charge in [0, 0.05) is 0 Å². The molecule has 0 saturated heterocycles. The van der Waals surface area contributed by atoms with Crippen LogP contribution >= 0.6 is 0 Å². The smallest absolute Gasteiger partial charge is 0.0864 e. The van der Waals surface area contributed by atoms with Crippen LogP contribution in [0, 0.1) is 6.61 Å². The molecular formula is C9H17O2. The predicted octanol–water partition coefficient (Wildman–Crippen LogP) is 2.14. The highest BCUT2D eigenvalue weighted by Crippen LogP contribution is 2.25. The van der Waals surface area contributed by atoms with Crippen LogP contribution in [0.25, 0.3) is 0 Å². The third-order valence-electron chi connectivity index (χ3n) is 1.63. The van der Waals surface area contributed by atoms with Gasteiger partial charge in [-0.1, -0.05) is 0 Å². The topological polar surface area (TPSA) is 18.5 Å². The summed E-state index contributed by atoms with van der Waals surface area (Å²) in [5.74, 6) is 0. The Balaban J connectivity index is 2.09. The first-order valence-electron chi connectivity index (χ1n) is 4.21. The highest BCUT2D eigenvalue weighted by Gasteiger charge is 2.26. The number of hydrogen-bond donors (Lipinski definition) is 0. The third kappa shape index (κ3) is 3.73. The van der Waals surface area contributed by atoms with E-state index in [4.69, 9.17) is 9.47 Å². The summed E-state index contributed by atoms with van der Waals surface area (Å²) in [5.41, 5.74) is -0.155. The number of rotatable bonds is 5. The van der Waals surface area contributed by atoms with Crippen LogP contribution in [0.3, 0.4) is 0 Å². The van der Waals surface area contributed by atoms with Gasteiger partial charge in [-0.05, 0) is 33.6 Å². The van der Waals surface area contributed by atoms with E-state index in [9.17, 15) is 0 Å². The van der Waals surface area contributed by atoms with Crippen LogP contribution in [-0.2, 0) is 9.47 Å². The van der Waals surface area contributed by atoms with Crippen molar-refractivity contribution in [2.45, 2.75) is 45.3 Å². The quantitative estimate of drug-likeness (QED) is 0.608. The monoisotopic (exact) mass is 157 g/mol. The third-order valence-corrected chi connectivity index (χ3v) is 1.63. The molecule has 0 aliphatic heterocycles. The molecule has 11 heavy (non-hydrogen) atoms. The molecule has 1 aliphatic rings. The second-order valence-corrected chi connectivity index (χ2v) is 3.62. The Bertz CT molecular complexity index is 117. The van der Waals surface area contributed by atoms with Gasteiger partial charge in [0.15, 0.2) is 0 Å². The van der Waals surface area contributed by atoms with E-state index >= 15 is 0 Å². The van der Waals surface area contributed by atoms with Gasteiger partial charge < -0.3 is 9.47 Å². The van der Waals surface area contributed by atoms with Crippen molar-refractivity contribution in [1.82, 2.24) is 0 Å². The van der Waals surface area contributed by atoms with Gasteiger partial charge in [0.05, 0.1) is 24.9 Å². The summed E-state index contributed by atoms with van der Waals surface area (Å²) >= 11 is 0. The highest BCUT2D eigenvalue weighted by atomic mass is 16.5. The normalized spacial score (nSPS) is 18.8. The lowest BCUT2D eigenvalue weighted by atomic mass is 10.1. The largest absolute Gasteiger partial charge is 0.375 e. The van der Waals surface area contributed by atoms with Gasteiger partial charge in [-0.15, -0.1) is 0 Å². The zero-order valence-electron chi connectivity index (χ0n) is 7.59. The Kier molecular flexibility index (Phi) is 2.90. The summed E-state index contributed by atoms with van der Waals surface area (Å²) < 4.78 is 10.9. The molecule has 0 aromatic rings. The SMILES string of the molecule is C[CH]OC(C)(C)COC1CC1. The van der Waals surface area contributed by atoms with Crippen molar-refractivity contribution in [1.29, 1.82) is 0 Å². The summed E-state index contributed by atoms with van der Waals surface area (Å²) in [6, 6.07) is 0. The van der Waals surface area contributed by atoms with Gasteiger partial charge in [0.2, 0.25) is 0 Å². The van der Waals surface area contributed by atoms with Crippen molar-refractivity contribution >= 4 is 0 Å². The molecule has 1 saturated carbocycles. The summed E-state index contributed by atoms with van der Waals surface area (Å²) in [7, 11) is 0. The average molecular weight is 157 g/mol. The molecule has 65 valence electrons. The minimum atomic E-state index is -0.155. The molecule has 0 aromatic heterocycles. The Morgan fingerprint density at radius 1 is 1.45 bits per heavy atom. The maximum absolute atomic E-state index is 5.53. The van der Waals surface area contributed by atoms with Crippen LogP contribution in [0.15, 0.2) is 0 Å². The average Bonchev–Trinajstić information content (AvgIpc) is 2.65. The molecule has 0 amide bonds. The molecular weight excluding hydrogens is 140 g/mol. The van der Waals surface area contributed by atoms with Crippen LogP contribution in [0.1, 0.15) is 33.6 Å². The lowest BCUT2D eigenvalue weighted by Gasteiger charge is -2.23. The minimum absolute atomic E-state index is 0.155.